The molecule has 2 aromatic carbocycles. The SMILES string of the molecule is Cc1ccc(C)c(CN2N=N[C@@H]3C(=O)N(c4ccc(F)cc4)C(=O)[C@@H]32)c1. The molecule has 1 saturated heterocycles. The molecule has 2 aliphatic rings. The fraction of sp³-hybridized carbons (Fsp3) is 0.263. The lowest BCUT2D eigenvalue weighted by Gasteiger charge is -2.21. The van der Waals surface area contributed by atoms with Gasteiger partial charge in [0.2, 0.25) is 0 Å². The normalized spacial score (nSPS) is 21.7. The molecule has 0 aliphatic carbocycles. The van der Waals surface area contributed by atoms with Crippen LogP contribution in [0.25, 0.3) is 0 Å². The summed E-state index contributed by atoms with van der Waals surface area (Å²) in [6.07, 6.45) is 0. The second-order valence-electron chi connectivity index (χ2n) is 6.61. The van der Waals surface area contributed by atoms with E-state index in [2.05, 4.69) is 10.3 Å². The number of anilines is 1. The van der Waals surface area contributed by atoms with Crippen molar-refractivity contribution in [2.45, 2.75) is 32.5 Å². The van der Waals surface area contributed by atoms with Gasteiger partial charge in [-0.1, -0.05) is 29.0 Å². The van der Waals surface area contributed by atoms with Gasteiger partial charge in [0.15, 0.2) is 12.1 Å². The Bertz CT molecular complexity index is 926. The molecule has 0 spiro atoms. The third-order valence-corrected chi connectivity index (χ3v) is 4.78. The summed E-state index contributed by atoms with van der Waals surface area (Å²) in [5.74, 6) is -1.25. The quantitative estimate of drug-likeness (QED) is 0.798. The first kappa shape index (κ1) is 16.4. The van der Waals surface area contributed by atoms with Gasteiger partial charge in [-0.05, 0) is 49.2 Å². The first-order valence-corrected chi connectivity index (χ1v) is 8.32. The highest BCUT2D eigenvalue weighted by Crippen LogP contribution is 2.33. The van der Waals surface area contributed by atoms with Crippen LogP contribution in [0.3, 0.4) is 0 Å². The fourth-order valence-electron chi connectivity index (χ4n) is 3.34. The number of benzene rings is 2. The number of hydrogen-bond acceptors (Lipinski definition) is 5. The lowest BCUT2D eigenvalue weighted by atomic mass is 10.0. The summed E-state index contributed by atoms with van der Waals surface area (Å²) in [6, 6.07) is 9.74. The van der Waals surface area contributed by atoms with E-state index >= 15 is 0 Å². The number of carbonyl (C=O) groups excluding carboxylic acids is 2. The molecule has 0 saturated carbocycles. The van der Waals surface area contributed by atoms with Crippen molar-refractivity contribution in [1.82, 2.24) is 5.01 Å². The molecule has 7 heteroatoms. The molecule has 26 heavy (non-hydrogen) atoms. The Hall–Kier alpha value is -3.09. The topological polar surface area (TPSA) is 65.3 Å². The zero-order valence-electron chi connectivity index (χ0n) is 14.4. The Morgan fingerprint density at radius 1 is 1.04 bits per heavy atom. The largest absolute Gasteiger partial charge is 0.271 e. The van der Waals surface area contributed by atoms with E-state index in [0.717, 1.165) is 21.6 Å². The van der Waals surface area contributed by atoms with Crippen LogP contribution in [-0.4, -0.2) is 28.9 Å². The maximum atomic E-state index is 13.1. The number of hydrogen-bond donors (Lipinski definition) is 0. The van der Waals surface area contributed by atoms with Crippen LogP contribution in [-0.2, 0) is 16.1 Å². The minimum Gasteiger partial charge on any atom is -0.271 e. The number of rotatable bonds is 3. The summed E-state index contributed by atoms with van der Waals surface area (Å²) >= 11 is 0. The molecule has 1 fully saturated rings. The maximum Gasteiger partial charge on any atom is 0.263 e. The van der Waals surface area contributed by atoms with E-state index in [0.29, 0.717) is 12.2 Å². The summed E-state index contributed by atoms with van der Waals surface area (Å²) in [6.45, 7) is 4.39. The van der Waals surface area contributed by atoms with Gasteiger partial charge in [-0.2, -0.15) is 5.11 Å². The molecule has 132 valence electrons. The van der Waals surface area contributed by atoms with E-state index in [1.54, 1.807) is 5.01 Å². The van der Waals surface area contributed by atoms with Crippen LogP contribution in [0.15, 0.2) is 52.8 Å². The van der Waals surface area contributed by atoms with Crippen LogP contribution in [0, 0.1) is 19.7 Å². The van der Waals surface area contributed by atoms with Crippen molar-refractivity contribution in [1.29, 1.82) is 0 Å². The van der Waals surface area contributed by atoms with Gasteiger partial charge in [0.1, 0.15) is 5.82 Å². The number of amides is 2. The van der Waals surface area contributed by atoms with Crippen molar-refractivity contribution < 1.29 is 14.0 Å². The molecular weight excluding hydrogens is 335 g/mol. The van der Waals surface area contributed by atoms with Crippen molar-refractivity contribution in [2.24, 2.45) is 10.3 Å². The zero-order chi connectivity index (χ0) is 18.4. The number of aryl methyl sites for hydroxylation is 2. The average molecular weight is 352 g/mol. The van der Waals surface area contributed by atoms with Gasteiger partial charge < -0.3 is 0 Å². The predicted molar refractivity (Wildman–Crippen MR) is 92.8 cm³/mol. The summed E-state index contributed by atoms with van der Waals surface area (Å²) < 4.78 is 13.1. The highest BCUT2D eigenvalue weighted by atomic mass is 19.1. The standard InChI is InChI=1S/C19H17FN4O2/c1-11-3-4-12(2)13(9-11)10-23-17-16(21-22-23)18(25)24(19(17)26)15-7-5-14(20)6-8-15/h3-9,16-17H,10H2,1-2H3/t16-,17+/m0/s1. The smallest absolute Gasteiger partial charge is 0.263 e. The molecule has 2 amide bonds. The van der Waals surface area contributed by atoms with E-state index in [1.165, 1.54) is 24.3 Å². The maximum absolute atomic E-state index is 13.1. The highest BCUT2D eigenvalue weighted by molar-refractivity contribution is 6.25. The van der Waals surface area contributed by atoms with Crippen LogP contribution in [0.4, 0.5) is 10.1 Å². The number of halogens is 1. The van der Waals surface area contributed by atoms with Crippen LogP contribution in [0.2, 0.25) is 0 Å². The summed E-state index contributed by atoms with van der Waals surface area (Å²) in [5.41, 5.74) is 3.57. The van der Waals surface area contributed by atoms with E-state index < -0.39 is 23.8 Å². The molecule has 6 nitrogen and oxygen atoms in total. The van der Waals surface area contributed by atoms with E-state index in [1.807, 2.05) is 32.0 Å². The highest BCUT2D eigenvalue weighted by Gasteiger charge is 2.54. The van der Waals surface area contributed by atoms with Gasteiger partial charge in [-0.25, -0.2) is 9.29 Å². The Morgan fingerprint density at radius 2 is 1.77 bits per heavy atom. The molecule has 0 aromatic heterocycles. The Kier molecular flexibility index (Phi) is 3.79. The third-order valence-electron chi connectivity index (χ3n) is 4.78. The monoisotopic (exact) mass is 352 g/mol. The average Bonchev–Trinajstić information content (AvgIpc) is 3.13. The zero-order valence-corrected chi connectivity index (χ0v) is 14.4. The van der Waals surface area contributed by atoms with Gasteiger partial charge in [0, 0.05) is 0 Å². The van der Waals surface area contributed by atoms with Gasteiger partial charge in [0.05, 0.1) is 12.2 Å². The van der Waals surface area contributed by atoms with E-state index in [4.69, 9.17) is 0 Å². The molecule has 2 heterocycles. The minimum atomic E-state index is -0.849. The minimum absolute atomic E-state index is 0.345. The van der Waals surface area contributed by atoms with E-state index in [-0.39, 0.29) is 5.91 Å². The summed E-state index contributed by atoms with van der Waals surface area (Å²) in [7, 11) is 0. The first-order valence-electron chi connectivity index (χ1n) is 8.32. The molecule has 0 N–H and O–H groups in total. The Labute approximate surface area is 149 Å². The van der Waals surface area contributed by atoms with E-state index in [9.17, 15) is 14.0 Å². The second-order valence-corrected chi connectivity index (χ2v) is 6.61. The van der Waals surface area contributed by atoms with Gasteiger partial charge in [0.25, 0.3) is 11.8 Å². The molecule has 2 aromatic rings. The predicted octanol–water partition coefficient (Wildman–Crippen LogP) is 2.94. The Balaban J connectivity index is 1.62. The molecule has 2 aliphatic heterocycles. The van der Waals surface area contributed by atoms with Crippen molar-refractivity contribution in [3.8, 4) is 0 Å². The summed E-state index contributed by atoms with van der Waals surface area (Å²) in [5, 5.41) is 9.64. The lowest BCUT2D eigenvalue weighted by Crippen LogP contribution is -2.39. The van der Waals surface area contributed by atoms with Crippen LogP contribution < -0.4 is 4.90 Å². The molecule has 0 radical (unpaired) electrons. The van der Waals surface area contributed by atoms with Crippen molar-refractivity contribution in [3.05, 3.63) is 65.0 Å². The van der Waals surface area contributed by atoms with Crippen molar-refractivity contribution in [2.75, 3.05) is 4.90 Å². The fourth-order valence-corrected chi connectivity index (χ4v) is 3.34. The number of imide groups is 1. The van der Waals surface area contributed by atoms with Crippen molar-refractivity contribution in [3.63, 3.8) is 0 Å². The summed E-state index contributed by atoms with van der Waals surface area (Å²) in [4.78, 5) is 26.6. The molecule has 0 unspecified atom stereocenters. The number of carbonyl (C=O) groups is 2. The van der Waals surface area contributed by atoms with Gasteiger partial charge >= 0.3 is 0 Å². The van der Waals surface area contributed by atoms with Crippen molar-refractivity contribution >= 4 is 17.5 Å². The molecular formula is C19H17FN4O2. The molecule has 2 atom stereocenters. The number of fused-ring (bicyclic) bond motifs is 1. The third kappa shape index (κ3) is 2.56. The Morgan fingerprint density at radius 3 is 2.50 bits per heavy atom. The molecule has 4 rings (SSSR count). The van der Waals surface area contributed by atoms with Crippen LogP contribution in [0.1, 0.15) is 16.7 Å². The molecule has 0 bridgehead atoms. The first-order chi connectivity index (χ1) is 12.5. The van der Waals surface area contributed by atoms with Crippen LogP contribution >= 0.6 is 0 Å². The van der Waals surface area contributed by atoms with Crippen LogP contribution in [0.5, 0.6) is 0 Å². The van der Waals surface area contributed by atoms with Gasteiger partial charge in [-0.3, -0.25) is 14.6 Å². The van der Waals surface area contributed by atoms with Gasteiger partial charge in [-0.15, -0.1) is 0 Å². The number of nitrogens with zero attached hydrogens (tertiary/aromatic N) is 4. The second kappa shape index (κ2) is 6.01. The lowest BCUT2D eigenvalue weighted by molar-refractivity contribution is -0.123.